The quantitative estimate of drug-likeness (QED) is 0.865. The van der Waals surface area contributed by atoms with Crippen molar-refractivity contribution in [3.05, 3.63) is 11.8 Å². The Morgan fingerprint density at radius 1 is 1.42 bits per heavy atom. The van der Waals surface area contributed by atoms with Gasteiger partial charge in [-0.05, 0) is 19.8 Å². The fourth-order valence-corrected chi connectivity index (χ4v) is 2.02. The number of nitrogen functional groups attached to an aromatic ring is 1. The first-order valence-corrected chi connectivity index (χ1v) is 5.94. The van der Waals surface area contributed by atoms with Gasteiger partial charge in [0.2, 0.25) is 5.95 Å². The number of aromatic nitrogens is 2. The summed E-state index contributed by atoms with van der Waals surface area (Å²) in [6.07, 6.45) is -3.02. The molecule has 106 valence electrons. The molecule has 1 fully saturated rings. The van der Waals surface area contributed by atoms with Crippen molar-refractivity contribution < 1.29 is 17.9 Å². The lowest BCUT2D eigenvalue weighted by Crippen LogP contribution is -2.33. The van der Waals surface area contributed by atoms with Gasteiger partial charge in [-0.15, -0.1) is 0 Å². The maximum Gasteiger partial charge on any atom is 0.433 e. The van der Waals surface area contributed by atoms with Gasteiger partial charge in [0, 0.05) is 18.7 Å². The van der Waals surface area contributed by atoms with Gasteiger partial charge in [0.15, 0.2) is 5.69 Å². The zero-order valence-corrected chi connectivity index (χ0v) is 10.4. The van der Waals surface area contributed by atoms with E-state index in [1.807, 2.05) is 6.92 Å². The van der Waals surface area contributed by atoms with Gasteiger partial charge in [-0.2, -0.15) is 18.2 Å². The second-order valence-electron chi connectivity index (χ2n) is 4.54. The Morgan fingerprint density at radius 2 is 2.16 bits per heavy atom. The van der Waals surface area contributed by atoms with Crippen LogP contribution in [0.3, 0.4) is 0 Å². The molecule has 0 spiro atoms. The number of rotatable bonds is 2. The van der Waals surface area contributed by atoms with Crippen LogP contribution in [-0.2, 0) is 10.9 Å². The van der Waals surface area contributed by atoms with Crippen molar-refractivity contribution in [1.29, 1.82) is 0 Å². The van der Waals surface area contributed by atoms with Gasteiger partial charge in [0.25, 0.3) is 0 Å². The first-order chi connectivity index (χ1) is 8.84. The highest BCUT2D eigenvalue weighted by molar-refractivity contribution is 5.42. The maximum atomic E-state index is 12.6. The van der Waals surface area contributed by atoms with E-state index in [4.69, 9.17) is 10.5 Å². The molecule has 2 atom stereocenters. The molecule has 2 heterocycles. The summed E-state index contributed by atoms with van der Waals surface area (Å²) in [5.74, 6) is -0.295. The summed E-state index contributed by atoms with van der Waals surface area (Å²) < 4.78 is 43.2. The summed E-state index contributed by atoms with van der Waals surface area (Å²) in [5, 5.41) is 2.95. The van der Waals surface area contributed by atoms with Gasteiger partial charge < -0.3 is 15.8 Å². The molecular formula is C11H15F3N4O. The molecule has 8 heteroatoms. The third-order valence-electron chi connectivity index (χ3n) is 2.87. The molecule has 0 aliphatic carbocycles. The van der Waals surface area contributed by atoms with E-state index in [1.165, 1.54) is 0 Å². The van der Waals surface area contributed by atoms with Crippen molar-refractivity contribution in [2.75, 3.05) is 17.7 Å². The molecule has 1 aromatic rings. The molecule has 0 aromatic carbocycles. The van der Waals surface area contributed by atoms with Crippen LogP contribution in [0, 0.1) is 0 Å². The molecule has 1 aliphatic rings. The fourth-order valence-electron chi connectivity index (χ4n) is 2.02. The van der Waals surface area contributed by atoms with E-state index in [9.17, 15) is 13.2 Å². The maximum absolute atomic E-state index is 12.6. The zero-order valence-electron chi connectivity index (χ0n) is 10.4. The Labute approximate surface area is 108 Å². The summed E-state index contributed by atoms with van der Waals surface area (Å²) in [6.45, 7) is 2.49. The topological polar surface area (TPSA) is 73.1 Å². The predicted molar refractivity (Wildman–Crippen MR) is 63.5 cm³/mol. The average molecular weight is 276 g/mol. The number of hydrogen-bond donors (Lipinski definition) is 2. The van der Waals surface area contributed by atoms with Crippen molar-refractivity contribution in [1.82, 2.24) is 9.97 Å². The minimum atomic E-state index is -4.53. The molecule has 0 amide bonds. The molecule has 1 saturated heterocycles. The van der Waals surface area contributed by atoms with E-state index in [1.54, 1.807) is 0 Å². The second kappa shape index (κ2) is 5.20. The standard InChI is InChI=1S/C11H15F3N4O/c1-6-4-7(2-3-19-6)16-9-5-8(11(12,13)14)17-10(15)18-9/h5-7H,2-4H2,1H3,(H3,15,16,17,18). The normalized spacial score (nSPS) is 24.2. The van der Waals surface area contributed by atoms with E-state index in [-0.39, 0.29) is 18.0 Å². The first-order valence-electron chi connectivity index (χ1n) is 5.94. The van der Waals surface area contributed by atoms with Crippen molar-refractivity contribution in [2.45, 2.75) is 38.1 Å². The number of nitrogens with one attached hydrogen (secondary N) is 1. The highest BCUT2D eigenvalue weighted by atomic mass is 19.4. The summed E-state index contributed by atoms with van der Waals surface area (Å²) in [5.41, 5.74) is 4.26. The molecule has 1 aromatic heterocycles. The summed E-state index contributed by atoms with van der Waals surface area (Å²) in [6, 6.07) is 0.898. The minimum Gasteiger partial charge on any atom is -0.378 e. The lowest BCUT2D eigenvalue weighted by molar-refractivity contribution is -0.141. The first kappa shape index (κ1) is 13.9. The third-order valence-corrected chi connectivity index (χ3v) is 2.87. The smallest absolute Gasteiger partial charge is 0.378 e. The number of nitrogens with zero attached hydrogens (tertiary/aromatic N) is 2. The van der Waals surface area contributed by atoms with Crippen molar-refractivity contribution in [2.24, 2.45) is 0 Å². The molecule has 5 nitrogen and oxygen atoms in total. The van der Waals surface area contributed by atoms with Crippen LogP contribution in [0.1, 0.15) is 25.5 Å². The number of halogens is 3. The van der Waals surface area contributed by atoms with Crippen LogP contribution in [0.25, 0.3) is 0 Å². The Hall–Kier alpha value is -1.57. The van der Waals surface area contributed by atoms with Crippen molar-refractivity contribution in [3.63, 3.8) is 0 Å². The highest BCUT2D eigenvalue weighted by Crippen LogP contribution is 2.29. The van der Waals surface area contributed by atoms with Crippen LogP contribution in [0.15, 0.2) is 6.07 Å². The number of hydrogen-bond acceptors (Lipinski definition) is 5. The largest absolute Gasteiger partial charge is 0.433 e. The SMILES string of the molecule is CC1CC(Nc2cc(C(F)(F)F)nc(N)n2)CCO1. The van der Waals surface area contributed by atoms with E-state index in [0.29, 0.717) is 13.0 Å². The number of anilines is 2. The zero-order chi connectivity index (χ0) is 14.0. The average Bonchev–Trinajstić information content (AvgIpc) is 2.26. The molecule has 19 heavy (non-hydrogen) atoms. The Morgan fingerprint density at radius 3 is 2.79 bits per heavy atom. The molecule has 1 aliphatic heterocycles. The molecular weight excluding hydrogens is 261 g/mol. The van der Waals surface area contributed by atoms with Crippen molar-refractivity contribution >= 4 is 11.8 Å². The monoisotopic (exact) mass is 276 g/mol. The van der Waals surface area contributed by atoms with Crippen LogP contribution >= 0.6 is 0 Å². The number of ether oxygens (including phenoxy) is 1. The molecule has 3 N–H and O–H groups in total. The Kier molecular flexibility index (Phi) is 3.79. The van der Waals surface area contributed by atoms with Gasteiger partial charge in [-0.1, -0.05) is 0 Å². The molecule has 2 rings (SSSR count). The summed E-state index contributed by atoms with van der Waals surface area (Å²) in [7, 11) is 0. The lowest BCUT2D eigenvalue weighted by atomic mass is 10.0. The summed E-state index contributed by atoms with van der Waals surface area (Å²) in [4.78, 5) is 6.97. The Bertz CT molecular complexity index is 452. The van der Waals surface area contributed by atoms with Crippen LogP contribution in [0.2, 0.25) is 0 Å². The van der Waals surface area contributed by atoms with Gasteiger partial charge >= 0.3 is 6.18 Å². The number of alkyl halides is 3. The number of nitrogens with two attached hydrogens (primary N) is 1. The van der Waals surface area contributed by atoms with E-state index < -0.39 is 17.8 Å². The molecule has 2 unspecified atom stereocenters. The van der Waals surface area contributed by atoms with Gasteiger partial charge in [0.05, 0.1) is 6.10 Å². The minimum absolute atomic E-state index is 0.0270. The molecule has 0 radical (unpaired) electrons. The van der Waals surface area contributed by atoms with E-state index >= 15 is 0 Å². The summed E-state index contributed by atoms with van der Waals surface area (Å²) >= 11 is 0. The highest BCUT2D eigenvalue weighted by Gasteiger charge is 2.33. The third kappa shape index (κ3) is 3.69. The molecule has 0 saturated carbocycles. The van der Waals surface area contributed by atoms with Crippen LogP contribution in [0.4, 0.5) is 24.9 Å². The lowest BCUT2D eigenvalue weighted by Gasteiger charge is -2.28. The predicted octanol–water partition coefficient (Wildman–Crippen LogP) is 2.06. The van der Waals surface area contributed by atoms with Crippen LogP contribution in [0.5, 0.6) is 0 Å². The second-order valence-corrected chi connectivity index (χ2v) is 4.54. The van der Waals surface area contributed by atoms with Crippen LogP contribution < -0.4 is 11.1 Å². The van der Waals surface area contributed by atoms with E-state index in [0.717, 1.165) is 12.5 Å². The van der Waals surface area contributed by atoms with Gasteiger partial charge in [0.1, 0.15) is 5.82 Å². The van der Waals surface area contributed by atoms with Gasteiger partial charge in [-0.25, -0.2) is 4.98 Å². The van der Waals surface area contributed by atoms with Crippen molar-refractivity contribution in [3.8, 4) is 0 Å². The molecule has 0 bridgehead atoms. The Balaban J connectivity index is 2.14. The fraction of sp³-hybridized carbons (Fsp3) is 0.636. The van der Waals surface area contributed by atoms with Gasteiger partial charge in [-0.3, -0.25) is 0 Å². The van der Waals surface area contributed by atoms with E-state index in [2.05, 4.69) is 15.3 Å². The van der Waals surface area contributed by atoms with Crippen LogP contribution in [-0.4, -0.2) is 28.7 Å².